The average Bonchev–Trinajstić information content (AvgIpc) is 3.46. The van der Waals surface area contributed by atoms with Crippen LogP contribution in [0.15, 0.2) is 59.5 Å². The summed E-state index contributed by atoms with van der Waals surface area (Å²) in [7, 11) is 0. The second-order valence-electron chi connectivity index (χ2n) is 7.85. The maximum Gasteiger partial charge on any atom is 0.420 e. The van der Waals surface area contributed by atoms with Gasteiger partial charge in [-0.15, -0.1) is 0 Å². The highest BCUT2D eigenvalue weighted by atomic mass is 35.5. The Hall–Kier alpha value is -3.86. The first-order valence-electron chi connectivity index (χ1n) is 10.3. The van der Waals surface area contributed by atoms with Crippen molar-refractivity contribution < 1.29 is 31.6 Å². The Morgan fingerprint density at radius 3 is 2.57 bits per heavy atom. The number of amides is 2. The Labute approximate surface area is 200 Å². The summed E-state index contributed by atoms with van der Waals surface area (Å²) in [5.41, 5.74) is -1.14. The Bertz CT molecular complexity index is 1450. The fourth-order valence-electron chi connectivity index (χ4n) is 3.96. The molecule has 5 rings (SSSR count). The van der Waals surface area contributed by atoms with Gasteiger partial charge in [-0.2, -0.15) is 13.2 Å². The number of hydrogen-bond donors (Lipinski definition) is 0. The molecular formula is C23H15ClF4N4O3. The first-order valence-corrected chi connectivity index (χ1v) is 10.7. The van der Waals surface area contributed by atoms with Crippen molar-refractivity contribution in [2.24, 2.45) is 0 Å². The maximum atomic E-state index is 13.8. The van der Waals surface area contributed by atoms with Gasteiger partial charge in [0.2, 0.25) is 5.91 Å². The van der Waals surface area contributed by atoms with Gasteiger partial charge in [-0.05, 0) is 30.3 Å². The number of anilines is 1. The number of piperazine rings is 1. The van der Waals surface area contributed by atoms with E-state index in [0.717, 1.165) is 15.4 Å². The van der Waals surface area contributed by atoms with Crippen LogP contribution in [0.4, 0.5) is 23.2 Å². The lowest BCUT2D eigenvalue weighted by Crippen LogP contribution is -2.52. The number of furan rings is 1. The van der Waals surface area contributed by atoms with E-state index in [2.05, 4.69) is 4.98 Å². The van der Waals surface area contributed by atoms with Gasteiger partial charge < -0.3 is 14.2 Å². The van der Waals surface area contributed by atoms with Crippen molar-refractivity contribution in [1.82, 2.24) is 14.3 Å². The largest absolute Gasteiger partial charge is 0.472 e. The molecule has 0 radical (unpaired) electrons. The van der Waals surface area contributed by atoms with E-state index >= 15 is 0 Å². The summed E-state index contributed by atoms with van der Waals surface area (Å²) in [5.74, 6) is -1.78. The molecule has 12 heteroatoms. The molecule has 1 fully saturated rings. The lowest BCUT2D eigenvalue weighted by atomic mass is 10.1. The lowest BCUT2D eigenvalue weighted by Gasteiger charge is -2.34. The van der Waals surface area contributed by atoms with Gasteiger partial charge in [0, 0.05) is 36.1 Å². The van der Waals surface area contributed by atoms with Gasteiger partial charge in [-0.3, -0.25) is 14.0 Å². The number of carbonyl (C=O) groups is 2. The molecule has 0 bridgehead atoms. The Morgan fingerprint density at radius 2 is 1.91 bits per heavy atom. The predicted molar refractivity (Wildman–Crippen MR) is 118 cm³/mol. The summed E-state index contributed by atoms with van der Waals surface area (Å²) >= 11 is 6.33. The second kappa shape index (κ2) is 8.42. The molecular weight excluding hydrogens is 492 g/mol. The summed E-state index contributed by atoms with van der Waals surface area (Å²) in [6.45, 7) is -0.249. The van der Waals surface area contributed by atoms with E-state index in [9.17, 15) is 27.2 Å². The highest BCUT2D eigenvalue weighted by Gasteiger charge is 2.37. The zero-order chi connectivity index (χ0) is 24.9. The monoisotopic (exact) mass is 506 g/mol. The van der Waals surface area contributed by atoms with Crippen LogP contribution in [0.1, 0.15) is 16.1 Å². The summed E-state index contributed by atoms with van der Waals surface area (Å²) < 4.78 is 61.0. The van der Waals surface area contributed by atoms with Gasteiger partial charge >= 0.3 is 6.18 Å². The summed E-state index contributed by atoms with van der Waals surface area (Å²) in [5, 5.41) is -0.319. The van der Waals surface area contributed by atoms with Crippen molar-refractivity contribution in [2.75, 3.05) is 24.5 Å². The number of hydrogen-bond acceptors (Lipinski definition) is 4. The standard InChI is InChI=1S/C23H15ClF4N4O3/c24-20-19(22(34)30-5-6-31(18(33)11-30)16-3-1-2-15(25)9-16)29-21-17(23(26,27)28)8-14(10-32(20)21)13-4-7-35-12-13/h1-4,7-10,12H,5-6,11H2. The number of carbonyl (C=O) groups excluding carboxylic acids is 2. The second-order valence-corrected chi connectivity index (χ2v) is 8.21. The van der Waals surface area contributed by atoms with Crippen LogP contribution >= 0.6 is 11.6 Å². The fraction of sp³-hybridized carbons (Fsp3) is 0.174. The van der Waals surface area contributed by atoms with E-state index in [0.29, 0.717) is 11.3 Å². The van der Waals surface area contributed by atoms with E-state index < -0.39 is 40.7 Å². The quantitative estimate of drug-likeness (QED) is 0.371. The van der Waals surface area contributed by atoms with Gasteiger partial charge in [-0.25, -0.2) is 9.37 Å². The summed E-state index contributed by atoms with van der Waals surface area (Å²) in [6.07, 6.45) is -0.850. The molecule has 1 saturated heterocycles. The molecule has 0 N–H and O–H groups in total. The van der Waals surface area contributed by atoms with Crippen LogP contribution < -0.4 is 4.90 Å². The lowest BCUT2D eigenvalue weighted by molar-refractivity contribution is -0.136. The Morgan fingerprint density at radius 1 is 1.11 bits per heavy atom. The normalized spacial score (nSPS) is 14.7. The van der Waals surface area contributed by atoms with E-state index in [4.69, 9.17) is 16.0 Å². The van der Waals surface area contributed by atoms with Crippen molar-refractivity contribution >= 4 is 34.7 Å². The van der Waals surface area contributed by atoms with Gasteiger partial charge in [0.25, 0.3) is 5.91 Å². The molecule has 4 aromatic rings. The molecule has 0 aliphatic carbocycles. The van der Waals surface area contributed by atoms with E-state index in [1.165, 1.54) is 47.9 Å². The summed E-state index contributed by atoms with van der Waals surface area (Å²) in [4.78, 5) is 32.2. The molecule has 0 spiro atoms. The minimum Gasteiger partial charge on any atom is -0.472 e. The Balaban J connectivity index is 1.49. The number of aromatic nitrogens is 2. The van der Waals surface area contributed by atoms with Crippen LogP contribution in [0.5, 0.6) is 0 Å². The third-order valence-electron chi connectivity index (χ3n) is 5.65. The minimum absolute atomic E-state index is 0.0533. The molecule has 0 saturated carbocycles. The topological polar surface area (TPSA) is 71.1 Å². The van der Waals surface area contributed by atoms with Crippen LogP contribution in [0.3, 0.4) is 0 Å². The van der Waals surface area contributed by atoms with Crippen molar-refractivity contribution in [3.8, 4) is 11.1 Å². The van der Waals surface area contributed by atoms with Gasteiger partial charge in [0.15, 0.2) is 11.3 Å². The van der Waals surface area contributed by atoms with Crippen molar-refractivity contribution in [3.05, 3.63) is 77.3 Å². The highest BCUT2D eigenvalue weighted by Crippen LogP contribution is 2.37. The van der Waals surface area contributed by atoms with Crippen LogP contribution in [0, 0.1) is 5.82 Å². The first-order chi connectivity index (χ1) is 16.6. The smallest absolute Gasteiger partial charge is 0.420 e. The molecule has 0 atom stereocenters. The first kappa shape index (κ1) is 22.9. The number of benzene rings is 1. The van der Waals surface area contributed by atoms with E-state index in [1.54, 1.807) is 6.07 Å². The molecule has 180 valence electrons. The molecule has 1 aliphatic rings. The minimum atomic E-state index is -4.78. The maximum absolute atomic E-state index is 13.8. The molecule has 1 aromatic carbocycles. The van der Waals surface area contributed by atoms with Gasteiger partial charge in [-0.1, -0.05) is 17.7 Å². The third-order valence-corrected chi connectivity index (χ3v) is 6.01. The molecule has 4 heterocycles. The van der Waals surface area contributed by atoms with Gasteiger partial charge in [0.05, 0.1) is 18.1 Å². The molecule has 1 aliphatic heterocycles. The Kier molecular flexibility index (Phi) is 5.51. The SMILES string of the molecule is O=C(c1nc2c(C(F)(F)F)cc(-c3ccoc3)cn2c1Cl)N1CCN(c2cccc(F)c2)C(=O)C1. The van der Waals surface area contributed by atoms with Crippen LogP contribution in [-0.2, 0) is 11.0 Å². The molecule has 3 aromatic heterocycles. The molecule has 2 amide bonds. The van der Waals surface area contributed by atoms with Crippen LogP contribution in [-0.4, -0.2) is 45.7 Å². The highest BCUT2D eigenvalue weighted by molar-refractivity contribution is 6.33. The predicted octanol–water partition coefficient (Wildman–Crippen LogP) is 4.89. The fourth-order valence-corrected chi connectivity index (χ4v) is 4.21. The average molecular weight is 507 g/mol. The van der Waals surface area contributed by atoms with E-state index in [-0.39, 0.29) is 30.4 Å². The number of fused-ring (bicyclic) bond motifs is 1. The van der Waals surface area contributed by atoms with E-state index in [1.807, 2.05) is 0 Å². The third kappa shape index (κ3) is 4.12. The number of pyridine rings is 1. The molecule has 7 nitrogen and oxygen atoms in total. The van der Waals surface area contributed by atoms with Crippen molar-refractivity contribution in [2.45, 2.75) is 6.18 Å². The number of alkyl halides is 3. The summed E-state index contributed by atoms with van der Waals surface area (Å²) in [6, 6.07) is 7.85. The number of nitrogens with zero attached hydrogens (tertiary/aromatic N) is 4. The number of halogens is 5. The van der Waals surface area contributed by atoms with Crippen molar-refractivity contribution in [3.63, 3.8) is 0 Å². The zero-order valence-electron chi connectivity index (χ0n) is 17.7. The van der Waals surface area contributed by atoms with Crippen LogP contribution in [0.25, 0.3) is 16.8 Å². The van der Waals surface area contributed by atoms with Crippen LogP contribution in [0.2, 0.25) is 5.15 Å². The molecule has 35 heavy (non-hydrogen) atoms. The van der Waals surface area contributed by atoms with Gasteiger partial charge in [0.1, 0.15) is 17.5 Å². The number of rotatable bonds is 3. The zero-order valence-corrected chi connectivity index (χ0v) is 18.5. The number of imidazole rings is 1. The molecule has 0 unspecified atom stereocenters. The van der Waals surface area contributed by atoms with Crippen molar-refractivity contribution in [1.29, 1.82) is 0 Å².